The van der Waals surface area contributed by atoms with E-state index < -0.39 is 0 Å². The maximum Gasteiger partial charge on any atom is 0.338 e. The Labute approximate surface area is 142 Å². The van der Waals surface area contributed by atoms with E-state index in [1.54, 1.807) is 12.1 Å². The van der Waals surface area contributed by atoms with Crippen LogP contribution in [0.1, 0.15) is 54.4 Å². The van der Waals surface area contributed by atoms with Crippen LogP contribution in [-0.2, 0) is 15.9 Å². The number of aliphatic imine (C=N–C) groups is 1. The van der Waals surface area contributed by atoms with Gasteiger partial charge in [-0.15, -0.1) is 0 Å². The number of esters is 1. The van der Waals surface area contributed by atoms with Gasteiger partial charge < -0.3 is 20.9 Å². The smallest absolute Gasteiger partial charge is 0.338 e. The van der Waals surface area contributed by atoms with E-state index in [0.717, 1.165) is 31.2 Å². The first-order chi connectivity index (χ1) is 11.6. The molecule has 1 saturated carbocycles. The van der Waals surface area contributed by atoms with Gasteiger partial charge in [0, 0.05) is 0 Å². The predicted molar refractivity (Wildman–Crippen MR) is 92.3 cm³/mol. The fourth-order valence-electron chi connectivity index (χ4n) is 3.47. The zero-order chi connectivity index (χ0) is 16.9. The Balaban J connectivity index is 1.86. The van der Waals surface area contributed by atoms with E-state index in [0.29, 0.717) is 24.3 Å². The molecule has 1 aromatic carbocycles. The minimum absolute atomic E-state index is 0.000685. The average Bonchev–Trinajstić information content (AvgIpc) is 2.57. The van der Waals surface area contributed by atoms with E-state index in [9.17, 15) is 4.79 Å². The summed E-state index contributed by atoms with van der Waals surface area (Å²) in [5, 5.41) is 0. The fourth-order valence-corrected chi connectivity index (χ4v) is 3.47. The number of hydrogen-bond donors (Lipinski definition) is 2. The molecule has 6 heteroatoms. The molecule has 2 atom stereocenters. The first-order valence-electron chi connectivity index (χ1n) is 8.68. The zero-order valence-electron chi connectivity index (χ0n) is 13.9. The van der Waals surface area contributed by atoms with E-state index in [4.69, 9.17) is 20.9 Å². The van der Waals surface area contributed by atoms with Crippen molar-refractivity contribution in [1.29, 1.82) is 0 Å². The van der Waals surface area contributed by atoms with Crippen molar-refractivity contribution in [3.8, 4) is 0 Å². The Bertz CT molecular complexity index is 626. The van der Waals surface area contributed by atoms with Gasteiger partial charge in [0.05, 0.1) is 24.0 Å². The zero-order valence-corrected chi connectivity index (χ0v) is 13.9. The van der Waals surface area contributed by atoms with Gasteiger partial charge in [-0.05, 0) is 49.4 Å². The quantitative estimate of drug-likeness (QED) is 0.467. The molecule has 4 N–H and O–H groups in total. The number of guanidine groups is 1. The lowest BCUT2D eigenvalue weighted by Gasteiger charge is -2.28. The first kappa shape index (κ1) is 16.8. The molecule has 2 unspecified atom stereocenters. The molecule has 0 saturated heterocycles. The molecular weight excluding hydrogens is 306 g/mol. The van der Waals surface area contributed by atoms with Crippen LogP contribution in [-0.4, -0.2) is 30.7 Å². The normalized spacial score (nSPS) is 24.8. The number of nitrogens with two attached hydrogens (primary N) is 2. The van der Waals surface area contributed by atoms with Crippen LogP contribution in [0.2, 0.25) is 0 Å². The summed E-state index contributed by atoms with van der Waals surface area (Å²) in [6.07, 6.45) is 6.94. The highest BCUT2D eigenvalue weighted by Crippen LogP contribution is 2.27. The van der Waals surface area contributed by atoms with Crippen LogP contribution < -0.4 is 11.5 Å². The van der Waals surface area contributed by atoms with Crippen LogP contribution in [0.15, 0.2) is 23.2 Å². The molecule has 1 heterocycles. The van der Waals surface area contributed by atoms with E-state index in [1.807, 2.05) is 6.07 Å². The van der Waals surface area contributed by atoms with E-state index in [1.165, 1.54) is 12.8 Å². The highest BCUT2D eigenvalue weighted by atomic mass is 16.6. The van der Waals surface area contributed by atoms with Crippen LogP contribution in [0.5, 0.6) is 0 Å². The number of carbonyl (C=O) groups is 1. The van der Waals surface area contributed by atoms with Crippen molar-refractivity contribution >= 4 is 17.6 Å². The van der Waals surface area contributed by atoms with Gasteiger partial charge in [-0.25, -0.2) is 9.79 Å². The standard InChI is InChI=1S/C18H25N3O3/c19-18(20)21-13-7-8-14-12(11-13)9-10-23-15-5-3-1-2-4-6-16(15)24-17(14)22/h7-8,11,15-16H,1-6,9-10H2,(H4,19,20,21). The lowest BCUT2D eigenvalue weighted by Crippen LogP contribution is -2.34. The second kappa shape index (κ2) is 7.66. The highest BCUT2D eigenvalue weighted by molar-refractivity contribution is 5.92. The van der Waals surface area contributed by atoms with Crippen LogP contribution in [0, 0.1) is 0 Å². The largest absolute Gasteiger partial charge is 0.456 e. The minimum Gasteiger partial charge on any atom is -0.456 e. The molecule has 1 fully saturated rings. The van der Waals surface area contributed by atoms with Crippen LogP contribution in [0.3, 0.4) is 0 Å². The number of carbonyl (C=O) groups excluding carboxylic acids is 1. The summed E-state index contributed by atoms with van der Waals surface area (Å²) in [6.45, 7) is 0.566. The second-order valence-corrected chi connectivity index (χ2v) is 6.47. The second-order valence-electron chi connectivity index (χ2n) is 6.47. The number of hydrogen-bond acceptors (Lipinski definition) is 4. The molecule has 1 aromatic rings. The Hall–Kier alpha value is -2.08. The summed E-state index contributed by atoms with van der Waals surface area (Å²) < 4.78 is 11.9. The Kier molecular flexibility index (Phi) is 5.35. The van der Waals surface area contributed by atoms with Gasteiger partial charge in [-0.1, -0.05) is 19.3 Å². The number of ether oxygens (including phenoxy) is 2. The van der Waals surface area contributed by atoms with Gasteiger partial charge >= 0.3 is 5.97 Å². The third-order valence-electron chi connectivity index (χ3n) is 4.67. The van der Waals surface area contributed by atoms with Gasteiger partial charge in [-0.3, -0.25) is 0 Å². The molecule has 1 aliphatic carbocycles. The van der Waals surface area contributed by atoms with E-state index >= 15 is 0 Å². The lowest BCUT2D eigenvalue weighted by atomic mass is 9.96. The summed E-state index contributed by atoms with van der Waals surface area (Å²) in [7, 11) is 0. The first-order valence-corrected chi connectivity index (χ1v) is 8.68. The maximum atomic E-state index is 12.6. The molecule has 0 spiro atoms. The molecule has 6 nitrogen and oxygen atoms in total. The molecule has 0 amide bonds. The molecule has 3 rings (SSSR count). The number of rotatable bonds is 1. The molecular formula is C18H25N3O3. The summed E-state index contributed by atoms with van der Waals surface area (Å²) in [5.74, 6) is -0.280. The van der Waals surface area contributed by atoms with Gasteiger partial charge in [0.1, 0.15) is 6.10 Å². The average molecular weight is 331 g/mol. The lowest BCUT2D eigenvalue weighted by molar-refractivity contribution is -0.0601. The third kappa shape index (κ3) is 4.06. The van der Waals surface area contributed by atoms with Crippen molar-refractivity contribution in [2.75, 3.05) is 6.61 Å². The topological polar surface area (TPSA) is 99.9 Å². The van der Waals surface area contributed by atoms with Gasteiger partial charge in [0.25, 0.3) is 0 Å². The van der Waals surface area contributed by atoms with Crippen LogP contribution >= 0.6 is 0 Å². The van der Waals surface area contributed by atoms with E-state index in [-0.39, 0.29) is 24.1 Å². The fraction of sp³-hybridized carbons (Fsp3) is 0.556. The SMILES string of the molecule is NC(N)=Nc1ccc2c(c1)CCOC1CCCCCCC1OC2=O. The third-order valence-corrected chi connectivity index (χ3v) is 4.67. The molecule has 0 bridgehead atoms. The van der Waals surface area contributed by atoms with Gasteiger partial charge in [0.15, 0.2) is 5.96 Å². The molecule has 130 valence electrons. The summed E-state index contributed by atoms with van der Waals surface area (Å²) in [4.78, 5) is 16.7. The molecule has 0 radical (unpaired) electrons. The summed E-state index contributed by atoms with van der Waals surface area (Å²) in [6, 6.07) is 5.30. The summed E-state index contributed by atoms with van der Waals surface area (Å²) in [5.41, 5.74) is 12.9. The Morgan fingerprint density at radius 1 is 1.08 bits per heavy atom. The van der Waals surface area contributed by atoms with Crippen molar-refractivity contribution in [1.82, 2.24) is 0 Å². The molecule has 1 aliphatic heterocycles. The molecule has 2 aliphatic rings. The van der Waals surface area contributed by atoms with Crippen LogP contribution in [0.25, 0.3) is 0 Å². The van der Waals surface area contributed by atoms with Crippen molar-refractivity contribution in [3.05, 3.63) is 29.3 Å². The summed E-state index contributed by atoms with van der Waals surface area (Å²) >= 11 is 0. The van der Waals surface area contributed by atoms with Gasteiger partial charge in [0.2, 0.25) is 0 Å². The van der Waals surface area contributed by atoms with Crippen molar-refractivity contribution in [2.45, 2.75) is 57.2 Å². The molecule has 0 aromatic heterocycles. The minimum atomic E-state index is -0.276. The maximum absolute atomic E-state index is 12.6. The number of benzene rings is 1. The van der Waals surface area contributed by atoms with Crippen LogP contribution in [0.4, 0.5) is 5.69 Å². The predicted octanol–water partition coefficient (Wildman–Crippen LogP) is 2.41. The highest BCUT2D eigenvalue weighted by Gasteiger charge is 2.29. The number of fused-ring (bicyclic) bond motifs is 2. The van der Waals surface area contributed by atoms with Crippen molar-refractivity contribution in [3.63, 3.8) is 0 Å². The number of nitrogens with zero attached hydrogens (tertiary/aromatic N) is 1. The van der Waals surface area contributed by atoms with Crippen molar-refractivity contribution < 1.29 is 14.3 Å². The monoisotopic (exact) mass is 331 g/mol. The Morgan fingerprint density at radius 2 is 1.83 bits per heavy atom. The van der Waals surface area contributed by atoms with E-state index in [2.05, 4.69) is 4.99 Å². The van der Waals surface area contributed by atoms with Crippen molar-refractivity contribution in [2.24, 2.45) is 16.5 Å². The van der Waals surface area contributed by atoms with Gasteiger partial charge in [-0.2, -0.15) is 0 Å². The Morgan fingerprint density at radius 3 is 2.58 bits per heavy atom. The molecule has 24 heavy (non-hydrogen) atoms.